The Labute approximate surface area is 213 Å². The summed E-state index contributed by atoms with van der Waals surface area (Å²) in [7, 11) is 3.93. The first-order valence-electron chi connectivity index (χ1n) is 12.7. The second-order valence-electron chi connectivity index (χ2n) is 9.25. The number of nitrogens with zero attached hydrogens (tertiary/aromatic N) is 6. The fourth-order valence-electron chi connectivity index (χ4n) is 4.73. The van der Waals surface area contributed by atoms with E-state index in [1.54, 1.807) is 10.8 Å². The summed E-state index contributed by atoms with van der Waals surface area (Å²) in [6, 6.07) is 7.86. The first kappa shape index (κ1) is 25.6. The highest BCUT2D eigenvalue weighted by Gasteiger charge is 2.35. The van der Waals surface area contributed by atoms with Crippen molar-refractivity contribution in [3.63, 3.8) is 0 Å². The fourth-order valence-corrected chi connectivity index (χ4v) is 4.73. The van der Waals surface area contributed by atoms with Gasteiger partial charge in [-0.1, -0.05) is 13.0 Å². The molecule has 1 saturated heterocycles. The zero-order valence-electron chi connectivity index (χ0n) is 22.2. The summed E-state index contributed by atoms with van der Waals surface area (Å²) < 4.78 is 7.81. The van der Waals surface area contributed by atoms with Gasteiger partial charge in [0.2, 0.25) is 0 Å². The molecule has 9 heteroatoms. The van der Waals surface area contributed by atoms with Crippen LogP contribution in [-0.4, -0.2) is 65.5 Å². The van der Waals surface area contributed by atoms with Gasteiger partial charge in [-0.2, -0.15) is 0 Å². The molecule has 1 aliphatic heterocycles. The van der Waals surface area contributed by atoms with E-state index in [0.717, 1.165) is 28.5 Å². The number of pyridine rings is 2. The second-order valence-corrected chi connectivity index (χ2v) is 9.25. The molecule has 0 amide bonds. The summed E-state index contributed by atoms with van der Waals surface area (Å²) >= 11 is 0. The van der Waals surface area contributed by atoms with Crippen LogP contribution in [0.25, 0.3) is 11.4 Å². The normalized spacial score (nSPS) is 17.4. The van der Waals surface area contributed by atoms with E-state index in [1.807, 2.05) is 77.2 Å². The maximum absolute atomic E-state index is 13.8. The van der Waals surface area contributed by atoms with E-state index >= 15 is 0 Å². The predicted molar refractivity (Wildman–Crippen MR) is 145 cm³/mol. The summed E-state index contributed by atoms with van der Waals surface area (Å²) in [6.45, 7) is 10.5. The molecule has 0 bridgehead atoms. The molecule has 9 nitrogen and oxygen atoms in total. The second kappa shape index (κ2) is 11.1. The van der Waals surface area contributed by atoms with Gasteiger partial charge in [0.05, 0.1) is 17.8 Å². The Bertz CT molecular complexity index is 1240. The molecule has 4 rings (SSSR count). The number of anilines is 3. The van der Waals surface area contributed by atoms with Gasteiger partial charge in [-0.3, -0.25) is 9.36 Å². The van der Waals surface area contributed by atoms with Crippen molar-refractivity contribution in [2.75, 3.05) is 48.9 Å². The third-order valence-corrected chi connectivity index (χ3v) is 6.64. The smallest absolute Gasteiger partial charge is 0.277 e. The highest BCUT2D eigenvalue weighted by Crippen LogP contribution is 2.27. The van der Waals surface area contributed by atoms with Crippen LogP contribution < -0.4 is 20.7 Å². The number of aromatic nitrogens is 4. The number of aryl methyl sites for hydroxylation is 2. The number of hydrogen-bond donors (Lipinski definition) is 1. The van der Waals surface area contributed by atoms with Crippen molar-refractivity contribution in [1.82, 2.24) is 19.5 Å². The number of nitrogens with one attached hydrogen (secondary N) is 1. The highest BCUT2D eigenvalue weighted by atomic mass is 16.5. The van der Waals surface area contributed by atoms with Crippen molar-refractivity contribution in [3.05, 3.63) is 58.3 Å². The molecule has 0 spiro atoms. The van der Waals surface area contributed by atoms with Gasteiger partial charge in [0, 0.05) is 58.3 Å². The fraction of sp³-hybridized carbons (Fsp3) is 0.481. The molecule has 4 heterocycles. The predicted octanol–water partition coefficient (Wildman–Crippen LogP) is 3.36. The van der Waals surface area contributed by atoms with Crippen molar-refractivity contribution < 1.29 is 4.74 Å². The minimum atomic E-state index is -0.0686. The molecule has 1 fully saturated rings. The average Bonchev–Trinajstić information content (AvgIpc) is 3.28. The van der Waals surface area contributed by atoms with Crippen LogP contribution in [0.3, 0.4) is 0 Å². The van der Waals surface area contributed by atoms with Crippen LogP contribution >= 0.6 is 0 Å². The minimum absolute atomic E-state index is 0.0642. The summed E-state index contributed by atoms with van der Waals surface area (Å²) in [6.07, 6.45) is 4.18. The van der Waals surface area contributed by atoms with Crippen LogP contribution in [0.1, 0.15) is 32.0 Å². The lowest BCUT2D eigenvalue weighted by Gasteiger charge is -2.23. The molecule has 0 aromatic carbocycles. The van der Waals surface area contributed by atoms with Gasteiger partial charge >= 0.3 is 0 Å². The average molecular weight is 492 g/mol. The SMILES string of the molecule is CCO[C@@H]1CN(c2ccccn2)C[C@H]1Nc1c(CC)nc(-c2cnc(N(C)C)cc2C)n(CC)c1=O. The zero-order chi connectivity index (χ0) is 25.8. The Morgan fingerprint density at radius 3 is 2.58 bits per heavy atom. The standard InChI is InChI=1S/C27H37N7O2/c1-7-20-25(30-21-16-33(17-22(21)36-9-3)23-12-10-11-13-28-23)27(35)34(8-2)26(31-20)19-15-29-24(32(5)6)14-18(19)4/h10-15,21-22,30H,7-9,16-17H2,1-6H3/t21-,22-/m1/s1. The van der Waals surface area contributed by atoms with Crippen LogP contribution in [0.15, 0.2) is 41.5 Å². The number of rotatable bonds is 9. The number of ether oxygens (including phenoxy) is 1. The Kier molecular flexibility index (Phi) is 7.88. The number of hydrogen-bond acceptors (Lipinski definition) is 8. The van der Waals surface area contributed by atoms with Crippen LogP contribution in [-0.2, 0) is 17.7 Å². The zero-order valence-corrected chi connectivity index (χ0v) is 22.2. The van der Waals surface area contributed by atoms with Crippen molar-refractivity contribution in [2.24, 2.45) is 0 Å². The molecule has 0 unspecified atom stereocenters. The minimum Gasteiger partial charge on any atom is -0.374 e. The monoisotopic (exact) mass is 491 g/mol. The maximum Gasteiger partial charge on any atom is 0.277 e. The molecule has 1 N–H and O–H groups in total. The van der Waals surface area contributed by atoms with Crippen LogP contribution in [0.5, 0.6) is 0 Å². The molecular formula is C27H37N7O2. The van der Waals surface area contributed by atoms with Gasteiger partial charge < -0.3 is 19.9 Å². The lowest BCUT2D eigenvalue weighted by atomic mass is 10.1. The van der Waals surface area contributed by atoms with Gasteiger partial charge in [-0.05, 0) is 51.0 Å². The van der Waals surface area contributed by atoms with Gasteiger partial charge in [-0.25, -0.2) is 15.0 Å². The van der Waals surface area contributed by atoms with Gasteiger partial charge in [0.1, 0.15) is 23.1 Å². The topological polar surface area (TPSA) is 88.4 Å². The van der Waals surface area contributed by atoms with Crippen molar-refractivity contribution >= 4 is 17.3 Å². The van der Waals surface area contributed by atoms with E-state index in [-0.39, 0.29) is 17.7 Å². The Balaban J connectivity index is 1.71. The summed E-state index contributed by atoms with van der Waals surface area (Å²) in [5, 5.41) is 3.54. The highest BCUT2D eigenvalue weighted by molar-refractivity contribution is 5.64. The summed E-state index contributed by atoms with van der Waals surface area (Å²) in [5.74, 6) is 2.44. The first-order valence-corrected chi connectivity index (χ1v) is 12.7. The summed E-state index contributed by atoms with van der Waals surface area (Å²) in [5.41, 5.74) is 3.14. The Morgan fingerprint density at radius 2 is 1.97 bits per heavy atom. The molecule has 36 heavy (non-hydrogen) atoms. The molecule has 3 aromatic heterocycles. The molecule has 3 aromatic rings. The van der Waals surface area contributed by atoms with Crippen molar-refractivity contribution in [1.29, 1.82) is 0 Å². The van der Waals surface area contributed by atoms with Crippen LogP contribution in [0.2, 0.25) is 0 Å². The third kappa shape index (κ3) is 5.06. The molecule has 2 atom stereocenters. The first-order chi connectivity index (χ1) is 17.4. The van der Waals surface area contributed by atoms with Gasteiger partial charge in [0.25, 0.3) is 5.56 Å². The molecule has 0 radical (unpaired) electrons. The third-order valence-electron chi connectivity index (χ3n) is 6.64. The largest absolute Gasteiger partial charge is 0.374 e. The van der Waals surface area contributed by atoms with E-state index in [4.69, 9.17) is 9.72 Å². The van der Waals surface area contributed by atoms with Crippen molar-refractivity contribution in [2.45, 2.75) is 52.8 Å². The Morgan fingerprint density at radius 1 is 1.17 bits per heavy atom. The lowest BCUT2D eigenvalue weighted by molar-refractivity contribution is 0.0719. The molecule has 0 saturated carbocycles. The van der Waals surface area contributed by atoms with E-state index in [2.05, 4.69) is 20.2 Å². The molecule has 1 aliphatic rings. The van der Waals surface area contributed by atoms with Crippen molar-refractivity contribution in [3.8, 4) is 11.4 Å². The van der Waals surface area contributed by atoms with E-state index < -0.39 is 0 Å². The quantitative estimate of drug-likeness (QED) is 0.488. The Hall–Kier alpha value is -3.46. The van der Waals surface area contributed by atoms with Gasteiger partial charge in [0.15, 0.2) is 0 Å². The molecular weight excluding hydrogens is 454 g/mol. The van der Waals surface area contributed by atoms with E-state index in [0.29, 0.717) is 44.2 Å². The van der Waals surface area contributed by atoms with E-state index in [1.165, 1.54) is 0 Å². The lowest BCUT2D eigenvalue weighted by Crippen LogP contribution is -2.38. The van der Waals surface area contributed by atoms with Crippen LogP contribution in [0, 0.1) is 6.92 Å². The molecule has 192 valence electrons. The van der Waals surface area contributed by atoms with Crippen LogP contribution in [0.4, 0.5) is 17.3 Å². The van der Waals surface area contributed by atoms with E-state index in [9.17, 15) is 4.79 Å². The maximum atomic E-state index is 13.8. The summed E-state index contributed by atoms with van der Waals surface area (Å²) in [4.78, 5) is 32.1. The van der Waals surface area contributed by atoms with Gasteiger partial charge in [-0.15, -0.1) is 0 Å². The molecule has 0 aliphatic carbocycles.